The molecular weight excluding hydrogens is 400 g/mol. The maximum absolute atomic E-state index is 12.5. The molecule has 6 nitrogen and oxygen atoms in total. The monoisotopic (exact) mass is 422 g/mol. The fraction of sp³-hybridized carbons (Fsp3) is 0.130. The molecule has 0 atom stereocenters. The summed E-state index contributed by atoms with van der Waals surface area (Å²) in [5, 5.41) is 5.81. The molecule has 3 aromatic rings. The Morgan fingerprint density at radius 2 is 1.50 bits per heavy atom. The van der Waals surface area contributed by atoms with E-state index < -0.39 is 0 Å². The second kappa shape index (κ2) is 10.8. The molecule has 30 heavy (non-hydrogen) atoms. The van der Waals surface area contributed by atoms with Crippen molar-refractivity contribution in [1.82, 2.24) is 5.32 Å². The van der Waals surface area contributed by atoms with E-state index in [-0.39, 0.29) is 11.0 Å². The zero-order chi connectivity index (χ0) is 21.2. The highest BCUT2D eigenvalue weighted by Gasteiger charge is 2.09. The van der Waals surface area contributed by atoms with E-state index in [0.717, 1.165) is 11.4 Å². The van der Waals surface area contributed by atoms with E-state index in [0.29, 0.717) is 30.3 Å². The molecule has 0 bridgehead atoms. The van der Waals surface area contributed by atoms with Crippen LogP contribution in [-0.4, -0.2) is 31.3 Å². The van der Waals surface area contributed by atoms with Crippen molar-refractivity contribution in [3.05, 3.63) is 84.4 Å². The number of anilines is 1. The molecule has 3 rings (SSSR count). The first kappa shape index (κ1) is 21.1. The van der Waals surface area contributed by atoms with Crippen molar-refractivity contribution < 1.29 is 19.0 Å². The Morgan fingerprint density at radius 1 is 0.833 bits per heavy atom. The predicted octanol–water partition coefficient (Wildman–Crippen LogP) is 4.28. The van der Waals surface area contributed by atoms with Gasteiger partial charge in [-0.2, -0.15) is 0 Å². The number of para-hydroxylation sites is 1. The second-order valence-electron chi connectivity index (χ2n) is 6.18. The summed E-state index contributed by atoms with van der Waals surface area (Å²) >= 11 is 5.23. The van der Waals surface area contributed by atoms with Crippen molar-refractivity contribution in [1.29, 1.82) is 0 Å². The van der Waals surface area contributed by atoms with Crippen molar-refractivity contribution in [3.63, 3.8) is 0 Å². The van der Waals surface area contributed by atoms with Crippen molar-refractivity contribution in [2.75, 3.05) is 25.6 Å². The fourth-order valence-corrected chi connectivity index (χ4v) is 2.81. The molecule has 0 saturated heterocycles. The fourth-order valence-electron chi connectivity index (χ4n) is 2.60. The number of carbonyl (C=O) groups is 1. The van der Waals surface area contributed by atoms with Crippen molar-refractivity contribution in [2.24, 2.45) is 0 Å². The highest BCUT2D eigenvalue weighted by atomic mass is 32.1. The van der Waals surface area contributed by atoms with E-state index in [9.17, 15) is 4.79 Å². The van der Waals surface area contributed by atoms with E-state index >= 15 is 0 Å². The Labute approximate surface area is 180 Å². The van der Waals surface area contributed by atoms with Crippen molar-refractivity contribution in [3.8, 4) is 17.2 Å². The summed E-state index contributed by atoms with van der Waals surface area (Å²) in [7, 11) is 1.59. The lowest BCUT2D eigenvalue weighted by Gasteiger charge is -2.12. The van der Waals surface area contributed by atoms with Crippen LogP contribution >= 0.6 is 12.2 Å². The highest BCUT2D eigenvalue weighted by Crippen LogP contribution is 2.17. The molecule has 0 saturated carbocycles. The Morgan fingerprint density at radius 3 is 2.27 bits per heavy atom. The van der Waals surface area contributed by atoms with E-state index in [1.54, 1.807) is 37.4 Å². The van der Waals surface area contributed by atoms with Gasteiger partial charge >= 0.3 is 0 Å². The average molecular weight is 423 g/mol. The summed E-state index contributed by atoms with van der Waals surface area (Å²) in [4.78, 5) is 12.5. The minimum atomic E-state index is -0.332. The third-order valence-electron chi connectivity index (χ3n) is 4.01. The largest absolute Gasteiger partial charge is 0.497 e. The number of nitrogens with one attached hydrogen (secondary N) is 2. The van der Waals surface area contributed by atoms with Crippen LogP contribution in [0, 0.1) is 0 Å². The number of methoxy groups -OCH3 is 1. The van der Waals surface area contributed by atoms with Gasteiger partial charge in [-0.25, -0.2) is 0 Å². The molecule has 0 heterocycles. The lowest BCUT2D eigenvalue weighted by atomic mass is 10.2. The maximum Gasteiger partial charge on any atom is 0.257 e. The number of rotatable bonds is 8. The quantitative estimate of drug-likeness (QED) is 0.417. The average Bonchev–Trinajstić information content (AvgIpc) is 2.77. The zero-order valence-corrected chi connectivity index (χ0v) is 17.3. The third-order valence-corrected chi connectivity index (χ3v) is 4.22. The first-order chi connectivity index (χ1) is 14.6. The molecule has 0 aliphatic heterocycles. The maximum atomic E-state index is 12.5. The van der Waals surface area contributed by atoms with E-state index in [4.69, 9.17) is 26.4 Å². The van der Waals surface area contributed by atoms with Gasteiger partial charge in [0.2, 0.25) is 0 Å². The molecule has 7 heteroatoms. The zero-order valence-electron chi connectivity index (χ0n) is 16.5. The summed E-state index contributed by atoms with van der Waals surface area (Å²) in [6.07, 6.45) is 0. The van der Waals surface area contributed by atoms with Crippen LogP contribution in [0.4, 0.5) is 5.69 Å². The van der Waals surface area contributed by atoms with E-state index in [1.807, 2.05) is 48.5 Å². The molecule has 3 aromatic carbocycles. The van der Waals surface area contributed by atoms with Crippen LogP contribution in [0.2, 0.25) is 0 Å². The third kappa shape index (κ3) is 6.49. The minimum Gasteiger partial charge on any atom is -0.497 e. The SMILES string of the molecule is COc1cccc(NC(=S)NC(=O)c2cccc(OCCOc3ccccc3)c2)c1. The van der Waals surface area contributed by atoms with Gasteiger partial charge in [0.05, 0.1) is 7.11 Å². The van der Waals surface area contributed by atoms with Gasteiger partial charge in [0.15, 0.2) is 5.11 Å². The number of ether oxygens (including phenoxy) is 3. The summed E-state index contributed by atoms with van der Waals surface area (Å²) in [5.74, 6) is 1.72. The molecule has 1 amide bonds. The summed E-state index contributed by atoms with van der Waals surface area (Å²) in [6, 6.07) is 23.7. The van der Waals surface area contributed by atoms with Crippen LogP contribution in [0.5, 0.6) is 17.2 Å². The molecule has 0 spiro atoms. The number of hydrogen-bond acceptors (Lipinski definition) is 5. The molecule has 0 aliphatic rings. The summed E-state index contributed by atoms with van der Waals surface area (Å²) < 4.78 is 16.4. The molecular formula is C23H22N2O4S. The smallest absolute Gasteiger partial charge is 0.257 e. The second-order valence-corrected chi connectivity index (χ2v) is 6.59. The molecule has 154 valence electrons. The molecule has 0 aromatic heterocycles. The molecule has 0 radical (unpaired) electrons. The Hall–Kier alpha value is -3.58. The van der Waals surface area contributed by atoms with E-state index in [2.05, 4.69) is 10.6 Å². The molecule has 0 aliphatic carbocycles. The Balaban J connectivity index is 1.49. The van der Waals surface area contributed by atoms with Gasteiger partial charge in [-0.05, 0) is 54.7 Å². The first-order valence-corrected chi connectivity index (χ1v) is 9.72. The predicted molar refractivity (Wildman–Crippen MR) is 121 cm³/mol. The number of benzene rings is 3. The number of amides is 1. The van der Waals surface area contributed by atoms with Crippen LogP contribution in [0.3, 0.4) is 0 Å². The van der Waals surface area contributed by atoms with Gasteiger partial charge in [0.25, 0.3) is 5.91 Å². The van der Waals surface area contributed by atoms with Crippen LogP contribution in [-0.2, 0) is 0 Å². The molecule has 0 unspecified atom stereocenters. The van der Waals surface area contributed by atoms with Gasteiger partial charge in [-0.15, -0.1) is 0 Å². The minimum absolute atomic E-state index is 0.191. The summed E-state index contributed by atoms with van der Waals surface area (Å²) in [6.45, 7) is 0.755. The van der Waals surface area contributed by atoms with Crippen molar-refractivity contribution in [2.45, 2.75) is 0 Å². The molecule has 0 fully saturated rings. The lowest BCUT2D eigenvalue weighted by Crippen LogP contribution is -2.34. The Kier molecular flexibility index (Phi) is 7.63. The topological polar surface area (TPSA) is 68.8 Å². The van der Waals surface area contributed by atoms with Gasteiger partial charge in [-0.3, -0.25) is 10.1 Å². The number of carbonyl (C=O) groups excluding carboxylic acids is 1. The van der Waals surface area contributed by atoms with Gasteiger partial charge in [-0.1, -0.05) is 30.3 Å². The highest BCUT2D eigenvalue weighted by molar-refractivity contribution is 7.80. The lowest BCUT2D eigenvalue weighted by molar-refractivity contribution is 0.0977. The first-order valence-electron chi connectivity index (χ1n) is 9.31. The van der Waals surface area contributed by atoms with E-state index in [1.165, 1.54) is 0 Å². The normalized spacial score (nSPS) is 10.0. The van der Waals surface area contributed by atoms with Gasteiger partial charge in [0, 0.05) is 17.3 Å². The van der Waals surface area contributed by atoms with Crippen LogP contribution in [0.25, 0.3) is 0 Å². The van der Waals surface area contributed by atoms with Gasteiger partial charge in [0.1, 0.15) is 30.5 Å². The van der Waals surface area contributed by atoms with Crippen LogP contribution in [0.1, 0.15) is 10.4 Å². The number of thiocarbonyl (C=S) groups is 1. The van der Waals surface area contributed by atoms with Crippen molar-refractivity contribution >= 4 is 28.9 Å². The van der Waals surface area contributed by atoms with Crippen LogP contribution < -0.4 is 24.8 Å². The standard InChI is InChI=1S/C23H22N2O4S/c1-27-20-11-6-8-18(16-20)24-23(30)25-22(26)17-7-5-12-21(15-17)29-14-13-28-19-9-3-2-4-10-19/h2-12,15-16H,13-14H2,1H3,(H2,24,25,26,30). The molecule has 2 N–H and O–H groups in total. The van der Waals surface area contributed by atoms with Gasteiger partial charge < -0.3 is 19.5 Å². The number of hydrogen-bond donors (Lipinski definition) is 2. The Bertz CT molecular complexity index is 995. The van der Waals surface area contributed by atoms with Crippen LogP contribution in [0.15, 0.2) is 78.9 Å². The summed E-state index contributed by atoms with van der Waals surface area (Å²) in [5.41, 5.74) is 1.15.